The van der Waals surface area contributed by atoms with Gasteiger partial charge in [0.1, 0.15) is 0 Å². The number of hydrogen-bond acceptors (Lipinski definition) is 0. The molecule has 0 aromatic heterocycles. The zero-order valence-electron chi connectivity index (χ0n) is 38.3. The van der Waals surface area contributed by atoms with E-state index in [0.717, 1.165) is 11.8 Å². The summed E-state index contributed by atoms with van der Waals surface area (Å²) in [7, 11) is 0. The maximum absolute atomic E-state index is 3.06. The summed E-state index contributed by atoms with van der Waals surface area (Å²) < 4.78 is 0. The average molecular weight is 937 g/mol. The van der Waals surface area contributed by atoms with Crippen molar-refractivity contribution in [2.24, 2.45) is 11.8 Å². The molecule has 0 spiro atoms. The molecule has 0 bridgehead atoms. The molecule has 0 N–H and O–H groups in total. The average Bonchev–Trinajstić information content (AvgIpc) is 3.58. The number of rotatable bonds is 6. The Labute approximate surface area is 396 Å². The molecule has 8 rings (SSSR count). The Hall–Kier alpha value is -2.22. The first-order valence-electron chi connectivity index (χ1n) is 21.8. The normalized spacial score (nSPS) is 14.9. The van der Waals surface area contributed by atoms with Crippen molar-refractivity contribution in [3.8, 4) is 22.3 Å². The van der Waals surface area contributed by atoms with Gasteiger partial charge in [0.15, 0.2) is 0 Å². The molecule has 6 aromatic carbocycles. The van der Waals surface area contributed by atoms with Crippen LogP contribution in [0.1, 0.15) is 141 Å². The maximum atomic E-state index is 3.06. The van der Waals surface area contributed by atoms with Gasteiger partial charge in [0.2, 0.25) is 0 Å². The van der Waals surface area contributed by atoms with Crippen LogP contribution in [0.5, 0.6) is 0 Å². The van der Waals surface area contributed by atoms with Gasteiger partial charge in [-0.3, -0.25) is 0 Å². The summed E-state index contributed by atoms with van der Waals surface area (Å²) in [5.41, 5.74) is 11.7. The van der Waals surface area contributed by atoms with Gasteiger partial charge in [0, 0.05) is 0 Å². The SMILES string of the molecule is CC(C)(C)c1ccc(-c2cccc3[cH-]c(CC4CCCCCC4)cc23)cc1.CC(C)(C)c1ccc(-c2cccc3[cH-]c(CC4CCCCCC4)cc23)cc1.Cl.Cl.[CH3-].[CH3-].[Si]=[Zr]. The molecular weight excluding hydrogens is 863 g/mol. The fourth-order valence-electron chi connectivity index (χ4n) is 9.44. The van der Waals surface area contributed by atoms with E-state index in [4.69, 9.17) is 0 Å². The molecule has 2 radical (unpaired) electrons. The predicted molar refractivity (Wildman–Crippen MR) is 270 cm³/mol. The molecule has 60 heavy (non-hydrogen) atoms. The third-order valence-corrected chi connectivity index (χ3v) is 12.7. The number of fused-ring (bicyclic) bond motifs is 2. The van der Waals surface area contributed by atoms with Crippen molar-refractivity contribution in [1.29, 1.82) is 0 Å². The summed E-state index contributed by atoms with van der Waals surface area (Å²) in [5.74, 6) is 1.78. The first-order chi connectivity index (χ1) is 27.0. The Balaban J connectivity index is 0.000000373. The second-order valence-corrected chi connectivity index (χ2v) is 19.1. The van der Waals surface area contributed by atoms with Gasteiger partial charge < -0.3 is 14.9 Å². The van der Waals surface area contributed by atoms with Gasteiger partial charge >= 0.3 is 30.2 Å². The zero-order valence-corrected chi connectivity index (χ0v) is 43.4. The number of hydrogen-bond donors (Lipinski definition) is 0. The molecule has 0 unspecified atom stereocenters. The first-order valence-corrected chi connectivity index (χ1v) is 26.0. The van der Waals surface area contributed by atoms with Gasteiger partial charge in [0.25, 0.3) is 0 Å². The summed E-state index contributed by atoms with van der Waals surface area (Å²) in [6.45, 7) is 16.7. The first kappa shape index (κ1) is 53.9. The molecule has 0 atom stereocenters. The van der Waals surface area contributed by atoms with E-state index < -0.39 is 0 Å². The predicted octanol–water partition coefficient (Wildman–Crippen LogP) is 17.4. The molecule has 0 amide bonds. The van der Waals surface area contributed by atoms with Gasteiger partial charge in [-0.05, 0) is 57.8 Å². The fraction of sp³-hybridized carbons (Fsp3) is 0.429. The molecule has 2 fully saturated rings. The van der Waals surface area contributed by atoms with E-state index >= 15 is 0 Å². The Bertz CT molecular complexity index is 1950. The van der Waals surface area contributed by atoms with Gasteiger partial charge in [-0.15, -0.1) is 93.9 Å². The molecular formula is C56H74Cl2SiZr-4. The zero-order chi connectivity index (χ0) is 39.7. The van der Waals surface area contributed by atoms with Crippen molar-refractivity contribution in [3.63, 3.8) is 0 Å². The Kier molecular flexibility index (Phi) is 22.6. The minimum absolute atomic E-state index is 0. The van der Waals surface area contributed by atoms with E-state index in [1.807, 2.05) is 0 Å². The molecule has 6 aromatic rings. The molecule has 0 saturated heterocycles. The van der Waals surface area contributed by atoms with E-state index in [-0.39, 0.29) is 50.5 Å². The summed E-state index contributed by atoms with van der Waals surface area (Å²) in [6.07, 6.45) is 19.7. The Morgan fingerprint density at radius 1 is 0.483 bits per heavy atom. The van der Waals surface area contributed by atoms with Gasteiger partial charge in [0.05, 0.1) is 0 Å². The third kappa shape index (κ3) is 14.4. The monoisotopic (exact) mass is 934 g/mol. The Morgan fingerprint density at radius 2 is 0.800 bits per heavy atom. The third-order valence-electron chi connectivity index (χ3n) is 12.7. The van der Waals surface area contributed by atoms with Crippen LogP contribution in [0.15, 0.2) is 109 Å². The van der Waals surface area contributed by atoms with Crippen molar-refractivity contribution >= 4 is 53.2 Å². The van der Waals surface area contributed by atoms with Crippen molar-refractivity contribution in [1.82, 2.24) is 0 Å². The van der Waals surface area contributed by atoms with Crippen molar-refractivity contribution in [2.45, 2.75) is 142 Å². The molecule has 2 saturated carbocycles. The molecule has 2 aliphatic rings. The summed E-state index contributed by atoms with van der Waals surface area (Å²) in [4.78, 5) is 0. The molecule has 2 aliphatic carbocycles. The van der Waals surface area contributed by atoms with E-state index in [9.17, 15) is 0 Å². The number of halogens is 2. The second-order valence-electron chi connectivity index (χ2n) is 19.1. The van der Waals surface area contributed by atoms with Crippen LogP contribution in [0.4, 0.5) is 0 Å². The molecule has 4 heteroatoms. The van der Waals surface area contributed by atoms with Crippen LogP contribution < -0.4 is 0 Å². The van der Waals surface area contributed by atoms with Crippen LogP contribution in [0.2, 0.25) is 0 Å². The fourth-order valence-corrected chi connectivity index (χ4v) is 9.44. The van der Waals surface area contributed by atoms with Gasteiger partial charge in [-0.1, -0.05) is 190 Å². The van der Waals surface area contributed by atoms with E-state index in [2.05, 4.69) is 158 Å². The topological polar surface area (TPSA) is 0 Å². The standard InChI is InChI=1S/2C27H33.2CH3.2ClH.Si.Zr/c2*1-27(2,3)24-15-13-22(14-16-24)25-12-8-11-23-18-21(19-26(23)25)17-20-9-6-4-5-7-10-20;;;;;;/h2*8,11-16,18-20H,4-7,9-10,17H2,1-3H3;2*1H3;2*1H;;/q4*-1;;;;. The van der Waals surface area contributed by atoms with Crippen molar-refractivity contribution in [2.75, 3.05) is 0 Å². The van der Waals surface area contributed by atoms with E-state index in [1.165, 1.54) is 179 Å². The van der Waals surface area contributed by atoms with Gasteiger partial charge in [-0.25, -0.2) is 0 Å². The van der Waals surface area contributed by atoms with Crippen LogP contribution in [-0.4, -0.2) is 6.88 Å². The van der Waals surface area contributed by atoms with Crippen LogP contribution in [0.25, 0.3) is 43.8 Å². The van der Waals surface area contributed by atoms with E-state index in [0.29, 0.717) is 0 Å². The quantitative estimate of drug-likeness (QED) is 0.0887. The van der Waals surface area contributed by atoms with E-state index in [1.54, 1.807) is 0 Å². The van der Waals surface area contributed by atoms with Gasteiger partial charge in [-0.2, -0.15) is 12.1 Å². The molecule has 0 nitrogen and oxygen atoms in total. The van der Waals surface area contributed by atoms with Crippen LogP contribution >= 0.6 is 24.8 Å². The molecule has 0 aliphatic heterocycles. The van der Waals surface area contributed by atoms with Crippen LogP contribution in [-0.2, 0) is 47.0 Å². The summed E-state index contributed by atoms with van der Waals surface area (Å²) in [5, 5.41) is 5.64. The summed E-state index contributed by atoms with van der Waals surface area (Å²) in [6, 6.07) is 41.7. The van der Waals surface area contributed by atoms with Crippen LogP contribution in [0.3, 0.4) is 0 Å². The second kappa shape index (κ2) is 25.2. The Morgan fingerprint density at radius 3 is 1.10 bits per heavy atom. The van der Waals surface area contributed by atoms with Crippen molar-refractivity contribution in [3.05, 3.63) is 146 Å². The number of benzene rings is 4. The minimum atomic E-state index is 0. The van der Waals surface area contributed by atoms with Crippen LogP contribution in [0, 0.1) is 26.7 Å². The summed E-state index contributed by atoms with van der Waals surface area (Å²) >= 11 is 1.36. The molecule has 0 heterocycles. The van der Waals surface area contributed by atoms with Crippen molar-refractivity contribution < 1.29 is 23.3 Å². The molecule has 324 valence electrons.